The Balaban J connectivity index is 2.34. The van der Waals surface area contributed by atoms with Crippen LogP contribution in [0, 0.1) is 12.8 Å². The maximum absolute atomic E-state index is 13.0. The molecule has 0 aliphatic rings. The van der Waals surface area contributed by atoms with Crippen molar-refractivity contribution in [2.45, 2.75) is 32.1 Å². The highest BCUT2D eigenvalue weighted by atomic mass is 32.2. The summed E-state index contributed by atoms with van der Waals surface area (Å²) < 4.78 is 27.5. The lowest BCUT2D eigenvalue weighted by Gasteiger charge is -2.25. The largest absolute Gasteiger partial charge is 0.399 e. The van der Waals surface area contributed by atoms with Gasteiger partial charge in [0.15, 0.2) is 0 Å². The molecular formula is C21H27N3O4S. The third kappa shape index (κ3) is 5.57. The maximum Gasteiger partial charge on any atom is 0.264 e. The molecule has 156 valence electrons. The van der Waals surface area contributed by atoms with Crippen molar-refractivity contribution in [2.75, 3.05) is 18.8 Å². The second-order valence-corrected chi connectivity index (χ2v) is 8.39. The van der Waals surface area contributed by atoms with Gasteiger partial charge in [0.1, 0.15) is 5.92 Å². The van der Waals surface area contributed by atoms with Gasteiger partial charge in [0.25, 0.3) is 10.0 Å². The first-order valence-electron chi connectivity index (χ1n) is 9.45. The molecule has 0 aliphatic heterocycles. The van der Waals surface area contributed by atoms with Crippen molar-refractivity contribution in [1.29, 1.82) is 0 Å². The van der Waals surface area contributed by atoms with Crippen LogP contribution in [0.2, 0.25) is 0 Å². The smallest absolute Gasteiger partial charge is 0.264 e. The quantitative estimate of drug-likeness (QED) is 0.505. The van der Waals surface area contributed by atoms with E-state index in [1.807, 2.05) is 13.8 Å². The van der Waals surface area contributed by atoms with E-state index >= 15 is 0 Å². The van der Waals surface area contributed by atoms with Crippen LogP contribution in [0.1, 0.15) is 25.0 Å². The predicted octanol–water partition coefficient (Wildman–Crippen LogP) is 2.11. The van der Waals surface area contributed by atoms with E-state index in [0.29, 0.717) is 29.9 Å². The minimum atomic E-state index is -4.10. The van der Waals surface area contributed by atoms with E-state index in [1.54, 1.807) is 49.4 Å². The van der Waals surface area contributed by atoms with Gasteiger partial charge in [-0.25, -0.2) is 13.1 Å². The van der Waals surface area contributed by atoms with Gasteiger partial charge in [-0.05, 0) is 56.5 Å². The Bertz CT molecular complexity index is 968. The number of benzene rings is 2. The van der Waals surface area contributed by atoms with Crippen molar-refractivity contribution in [1.82, 2.24) is 9.62 Å². The fourth-order valence-corrected chi connectivity index (χ4v) is 4.32. The summed E-state index contributed by atoms with van der Waals surface area (Å²) in [5.41, 5.74) is 7.49. The average molecular weight is 418 g/mol. The number of nitrogens with one attached hydrogen (secondary N) is 1. The second kappa shape index (κ2) is 9.56. The molecule has 0 saturated heterocycles. The molecule has 0 spiro atoms. The SMILES string of the molecule is CCN(CC)C(=O)C(Cc1ccc(N)cc1)C(=O)NS(=O)(=O)c1ccccc1C. The molecule has 29 heavy (non-hydrogen) atoms. The minimum absolute atomic E-state index is 0.00914. The highest BCUT2D eigenvalue weighted by Crippen LogP contribution is 2.18. The Kier molecular flexibility index (Phi) is 7.39. The van der Waals surface area contributed by atoms with Crippen LogP contribution in [-0.2, 0) is 26.0 Å². The van der Waals surface area contributed by atoms with Crippen LogP contribution < -0.4 is 10.5 Å². The Morgan fingerprint density at radius 2 is 1.62 bits per heavy atom. The first-order chi connectivity index (χ1) is 13.7. The van der Waals surface area contributed by atoms with E-state index in [1.165, 1.54) is 11.0 Å². The van der Waals surface area contributed by atoms with Crippen molar-refractivity contribution in [3.05, 3.63) is 59.7 Å². The van der Waals surface area contributed by atoms with Gasteiger partial charge in [0.2, 0.25) is 11.8 Å². The van der Waals surface area contributed by atoms with Crippen LogP contribution in [0.25, 0.3) is 0 Å². The molecular weight excluding hydrogens is 390 g/mol. The lowest BCUT2D eigenvalue weighted by Crippen LogP contribution is -2.46. The van der Waals surface area contributed by atoms with Crippen molar-refractivity contribution in [3.63, 3.8) is 0 Å². The molecule has 3 N–H and O–H groups in total. The van der Waals surface area contributed by atoms with Crippen molar-refractivity contribution in [2.24, 2.45) is 5.92 Å². The molecule has 0 saturated carbocycles. The number of rotatable bonds is 8. The van der Waals surface area contributed by atoms with Crippen molar-refractivity contribution < 1.29 is 18.0 Å². The first kappa shape index (κ1) is 22.4. The standard InChI is InChI=1S/C21H27N3O4S/c1-4-24(5-2)21(26)18(14-16-10-12-17(22)13-11-16)20(25)23-29(27,28)19-9-7-6-8-15(19)3/h6-13,18H,4-5,14,22H2,1-3H3,(H,23,25). The predicted molar refractivity (Wildman–Crippen MR) is 112 cm³/mol. The number of nitrogen functional groups attached to an aromatic ring is 1. The number of nitrogens with zero attached hydrogens (tertiary/aromatic N) is 1. The van der Waals surface area contributed by atoms with Crippen molar-refractivity contribution in [3.8, 4) is 0 Å². The molecule has 8 heteroatoms. The van der Waals surface area contributed by atoms with Gasteiger partial charge in [-0.3, -0.25) is 9.59 Å². The number of aryl methyl sites for hydroxylation is 1. The molecule has 2 amide bonds. The van der Waals surface area contributed by atoms with Gasteiger partial charge < -0.3 is 10.6 Å². The topological polar surface area (TPSA) is 110 Å². The zero-order valence-electron chi connectivity index (χ0n) is 16.9. The van der Waals surface area contributed by atoms with Gasteiger partial charge in [-0.15, -0.1) is 0 Å². The molecule has 0 aromatic heterocycles. The third-order valence-electron chi connectivity index (χ3n) is 4.73. The van der Waals surface area contributed by atoms with E-state index in [2.05, 4.69) is 4.72 Å². The first-order valence-corrected chi connectivity index (χ1v) is 10.9. The zero-order valence-corrected chi connectivity index (χ0v) is 17.7. The number of sulfonamides is 1. The number of amides is 2. The summed E-state index contributed by atoms with van der Waals surface area (Å²) in [4.78, 5) is 27.4. The number of carbonyl (C=O) groups is 2. The molecule has 0 radical (unpaired) electrons. The lowest BCUT2D eigenvalue weighted by molar-refractivity contribution is -0.141. The van der Waals surface area contributed by atoms with Gasteiger partial charge in [0, 0.05) is 18.8 Å². The maximum atomic E-state index is 13.0. The number of nitrogens with two attached hydrogens (primary N) is 1. The number of anilines is 1. The number of carbonyl (C=O) groups excluding carboxylic acids is 2. The van der Waals surface area contributed by atoms with Crippen LogP contribution in [0.4, 0.5) is 5.69 Å². The summed E-state index contributed by atoms with van der Waals surface area (Å²) in [7, 11) is -4.10. The van der Waals surface area contributed by atoms with E-state index in [-0.39, 0.29) is 11.3 Å². The number of hydrogen-bond donors (Lipinski definition) is 2. The zero-order chi connectivity index (χ0) is 21.6. The lowest BCUT2D eigenvalue weighted by atomic mass is 9.97. The van der Waals surface area contributed by atoms with E-state index in [9.17, 15) is 18.0 Å². The molecule has 0 heterocycles. The third-order valence-corrected chi connectivity index (χ3v) is 6.23. The van der Waals surface area contributed by atoms with E-state index in [0.717, 1.165) is 0 Å². The molecule has 2 aromatic carbocycles. The van der Waals surface area contributed by atoms with Crippen LogP contribution in [0.3, 0.4) is 0 Å². The van der Waals surface area contributed by atoms with E-state index in [4.69, 9.17) is 5.73 Å². The summed E-state index contributed by atoms with van der Waals surface area (Å²) in [6, 6.07) is 13.2. The summed E-state index contributed by atoms with van der Waals surface area (Å²) >= 11 is 0. The monoisotopic (exact) mass is 417 g/mol. The van der Waals surface area contributed by atoms with Crippen LogP contribution in [-0.4, -0.2) is 38.2 Å². The summed E-state index contributed by atoms with van der Waals surface area (Å²) in [5, 5.41) is 0. The van der Waals surface area contributed by atoms with Crippen LogP contribution in [0.5, 0.6) is 0 Å². The van der Waals surface area contributed by atoms with Gasteiger partial charge in [-0.1, -0.05) is 30.3 Å². The fourth-order valence-electron chi connectivity index (χ4n) is 3.05. The van der Waals surface area contributed by atoms with Crippen molar-refractivity contribution >= 4 is 27.5 Å². The highest BCUT2D eigenvalue weighted by molar-refractivity contribution is 7.90. The summed E-state index contributed by atoms with van der Waals surface area (Å²) in [6.45, 7) is 6.11. The fraction of sp³-hybridized carbons (Fsp3) is 0.333. The molecule has 2 rings (SSSR count). The van der Waals surface area contributed by atoms with E-state index < -0.39 is 27.8 Å². The normalized spacial score (nSPS) is 12.2. The van der Waals surface area contributed by atoms with Crippen LogP contribution in [0.15, 0.2) is 53.4 Å². The summed E-state index contributed by atoms with van der Waals surface area (Å²) in [6.07, 6.45) is 0.0741. The minimum Gasteiger partial charge on any atom is -0.399 e. The second-order valence-electron chi connectivity index (χ2n) is 6.74. The molecule has 7 nitrogen and oxygen atoms in total. The molecule has 1 unspecified atom stereocenters. The molecule has 2 aromatic rings. The Hall–Kier alpha value is -2.87. The molecule has 0 fully saturated rings. The Morgan fingerprint density at radius 1 is 1.03 bits per heavy atom. The van der Waals surface area contributed by atoms with Gasteiger partial charge >= 0.3 is 0 Å². The summed E-state index contributed by atoms with van der Waals surface area (Å²) in [5.74, 6) is -2.43. The Labute approximate surface area is 172 Å². The van der Waals surface area contributed by atoms with Crippen LogP contribution >= 0.6 is 0 Å². The Morgan fingerprint density at radius 3 is 2.17 bits per heavy atom. The number of hydrogen-bond acceptors (Lipinski definition) is 5. The highest BCUT2D eigenvalue weighted by Gasteiger charge is 2.33. The molecule has 0 aliphatic carbocycles. The van der Waals surface area contributed by atoms with Gasteiger partial charge in [0.05, 0.1) is 4.90 Å². The molecule has 1 atom stereocenters. The average Bonchev–Trinajstić information content (AvgIpc) is 2.68. The van der Waals surface area contributed by atoms with Gasteiger partial charge in [-0.2, -0.15) is 0 Å². The molecule has 0 bridgehead atoms.